The highest BCUT2D eigenvalue weighted by atomic mass is 32.1. The molecule has 11 nitrogen and oxygen atoms in total. The van der Waals surface area contributed by atoms with Crippen LogP contribution in [0.25, 0.3) is 10.6 Å². The van der Waals surface area contributed by atoms with Crippen molar-refractivity contribution in [3.63, 3.8) is 0 Å². The summed E-state index contributed by atoms with van der Waals surface area (Å²) in [5.41, 5.74) is 0.230. The molecule has 1 aromatic heterocycles. The van der Waals surface area contributed by atoms with Crippen molar-refractivity contribution < 1.29 is 37.2 Å². The lowest BCUT2D eigenvalue weighted by atomic mass is 10.1. The number of rotatable bonds is 9. The summed E-state index contributed by atoms with van der Waals surface area (Å²) in [6, 6.07) is 8.92. The molecule has 1 N–H and O–H groups in total. The van der Waals surface area contributed by atoms with Gasteiger partial charge in [-0.15, -0.1) is 23.4 Å². The van der Waals surface area contributed by atoms with E-state index in [2.05, 4.69) is 20.3 Å². The number of aromatic nitrogens is 2. The quantitative estimate of drug-likeness (QED) is 0.240. The van der Waals surface area contributed by atoms with Gasteiger partial charge in [-0.2, -0.15) is 0 Å². The van der Waals surface area contributed by atoms with Crippen molar-refractivity contribution >= 4 is 34.4 Å². The highest BCUT2D eigenvalue weighted by Gasteiger charge is 2.32. The SMILES string of the molecule is O=C(CN1CCOCC1)Nc1cc(C(=O)Cc2nnc(-c3ccc([N+](=O)[O-])cc3)s2)ccc1OC(F)(F)F. The number of nitro groups is 1. The van der Waals surface area contributed by atoms with Gasteiger partial charge in [0.1, 0.15) is 10.0 Å². The van der Waals surface area contributed by atoms with Crippen molar-refractivity contribution in [2.45, 2.75) is 12.8 Å². The van der Waals surface area contributed by atoms with Crippen molar-refractivity contribution in [2.24, 2.45) is 0 Å². The minimum absolute atomic E-state index is 0.0354. The van der Waals surface area contributed by atoms with Gasteiger partial charge in [-0.05, 0) is 30.3 Å². The first-order valence-corrected chi connectivity index (χ1v) is 12.0. The van der Waals surface area contributed by atoms with Crippen LogP contribution in [0.3, 0.4) is 0 Å². The number of carbonyl (C=O) groups excluding carboxylic acids is 2. The number of Topliss-reactive ketones (excluding diaryl/α,β-unsaturated/α-hetero) is 1. The zero-order valence-corrected chi connectivity index (χ0v) is 20.4. The third-order valence-corrected chi connectivity index (χ3v) is 6.35. The Morgan fingerprint density at radius 1 is 1.13 bits per heavy atom. The average Bonchev–Trinajstić information content (AvgIpc) is 3.33. The van der Waals surface area contributed by atoms with Crippen molar-refractivity contribution in [1.29, 1.82) is 0 Å². The van der Waals surface area contributed by atoms with Crippen LogP contribution >= 0.6 is 11.3 Å². The molecule has 0 aliphatic carbocycles. The second-order valence-corrected chi connectivity index (χ2v) is 9.16. The zero-order chi connectivity index (χ0) is 27.3. The predicted molar refractivity (Wildman–Crippen MR) is 129 cm³/mol. The van der Waals surface area contributed by atoms with Crippen LogP contribution in [0.4, 0.5) is 24.5 Å². The van der Waals surface area contributed by atoms with E-state index in [1.807, 2.05) is 0 Å². The Morgan fingerprint density at radius 2 is 1.84 bits per heavy atom. The van der Waals surface area contributed by atoms with E-state index in [0.717, 1.165) is 23.5 Å². The third kappa shape index (κ3) is 7.30. The van der Waals surface area contributed by atoms with E-state index in [1.165, 1.54) is 30.3 Å². The maximum Gasteiger partial charge on any atom is 0.573 e. The lowest BCUT2D eigenvalue weighted by Gasteiger charge is -2.26. The smallest absolute Gasteiger partial charge is 0.404 e. The van der Waals surface area contributed by atoms with Gasteiger partial charge in [0.15, 0.2) is 11.5 Å². The topological polar surface area (TPSA) is 137 Å². The number of hydrogen-bond acceptors (Lipinski definition) is 10. The van der Waals surface area contributed by atoms with E-state index in [-0.39, 0.29) is 29.9 Å². The fourth-order valence-corrected chi connectivity index (χ4v) is 4.42. The number of nitrogens with one attached hydrogen (secondary N) is 1. The van der Waals surface area contributed by atoms with Gasteiger partial charge in [0, 0.05) is 36.3 Å². The number of non-ortho nitro benzene ring substituents is 1. The highest BCUT2D eigenvalue weighted by Crippen LogP contribution is 2.32. The Morgan fingerprint density at radius 3 is 2.50 bits per heavy atom. The molecule has 200 valence electrons. The maximum atomic E-state index is 12.9. The van der Waals surface area contributed by atoms with Crippen molar-refractivity contribution in [3.8, 4) is 16.3 Å². The number of hydrogen-bond donors (Lipinski definition) is 1. The Hall–Kier alpha value is -3.95. The lowest BCUT2D eigenvalue weighted by Crippen LogP contribution is -2.41. The number of carbonyl (C=O) groups is 2. The molecular formula is C23H20F3N5O6S. The summed E-state index contributed by atoms with van der Waals surface area (Å²) in [5, 5.41) is 22.0. The summed E-state index contributed by atoms with van der Waals surface area (Å²) in [6.07, 6.45) is -5.21. The second kappa shape index (κ2) is 11.6. The van der Waals surface area contributed by atoms with Crippen LogP contribution in [0, 0.1) is 10.1 Å². The molecule has 15 heteroatoms. The molecule has 1 aliphatic heterocycles. The normalized spacial score (nSPS) is 14.2. The standard InChI is InChI=1S/C23H20F3N5O6S/c24-23(25,26)37-19-6-3-15(11-17(19)27-20(33)13-30-7-9-36-10-8-30)18(32)12-21-28-29-22(38-21)14-1-4-16(5-2-14)31(34)35/h1-6,11H,7-10,12-13H2,(H,27,33). The van der Waals surface area contributed by atoms with Gasteiger partial charge in [0.2, 0.25) is 5.91 Å². The van der Waals surface area contributed by atoms with E-state index >= 15 is 0 Å². The van der Waals surface area contributed by atoms with Gasteiger partial charge in [0.05, 0.1) is 36.8 Å². The van der Waals surface area contributed by atoms with E-state index < -0.39 is 28.7 Å². The summed E-state index contributed by atoms with van der Waals surface area (Å²) in [6.45, 7) is 1.82. The average molecular weight is 552 g/mol. The Kier molecular flexibility index (Phi) is 8.29. The van der Waals surface area contributed by atoms with Crippen molar-refractivity contribution in [1.82, 2.24) is 15.1 Å². The second-order valence-electron chi connectivity index (χ2n) is 8.10. The monoisotopic (exact) mass is 551 g/mol. The molecule has 0 spiro atoms. The first kappa shape index (κ1) is 27.1. The van der Waals surface area contributed by atoms with E-state index in [9.17, 15) is 32.9 Å². The molecule has 1 fully saturated rings. The number of anilines is 1. The number of amides is 1. The van der Waals surface area contributed by atoms with Gasteiger partial charge < -0.3 is 14.8 Å². The van der Waals surface area contributed by atoms with Gasteiger partial charge in [-0.25, -0.2) is 0 Å². The van der Waals surface area contributed by atoms with Crippen LogP contribution in [0.5, 0.6) is 5.75 Å². The number of ether oxygens (including phenoxy) is 2. The van der Waals surface area contributed by atoms with Gasteiger partial charge in [0.25, 0.3) is 5.69 Å². The number of alkyl halides is 3. The molecule has 4 rings (SSSR count). The minimum Gasteiger partial charge on any atom is -0.404 e. The number of halogens is 3. The number of ketones is 1. The molecule has 38 heavy (non-hydrogen) atoms. The Labute approximate surface area is 217 Å². The molecule has 1 saturated heterocycles. The molecule has 0 unspecified atom stereocenters. The van der Waals surface area contributed by atoms with Crippen LogP contribution in [0.2, 0.25) is 0 Å². The minimum atomic E-state index is -5.00. The summed E-state index contributed by atoms with van der Waals surface area (Å²) >= 11 is 1.10. The summed E-state index contributed by atoms with van der Waals surface area (Å²) in [4.78, 5) is 37.5. The molecule has 1 aliphatic rings. The van der Waals surface area contributed by atoms with E-state index in [4.69, 9.17) is 4.74 Å². The highest BCUT2D eigenvalue weighted by molar-refractivity contribution is 7.14. The first-order valence-electron chi connectivity index (χ1n) is 11.2. The van der Waals surface area contributed by atoms with E-state index in [0.29, 0.717) is 41.9 Å². The Balaban J connectivity index is 1.48. The zero-order valence-electron chi connectivity index (χ0n) is 19.6. The van der Waals surface area contributed by atoms with Crippen LogP contribution in [-0.2, 0) is 16.0 Å². The van der Waals surface area contributed by atoms with Crippen LogP contribution in [0.15, 0.2) is 42.5 Å². The molecular weight excluding hydrogens is 531 g/mol. The molecule has 0 radical (unpaired) electrons. The van der Waals surface area contributed by atoms with Gasteiger partial charge >= 0.3 is 6.36 Å². The molecule has 0 bridgehead atoms. The fraction of sp³-hybridized carbons (Fsp3) is 0.304. The lowest BCUT2D eigenvalue weighted by molar-refractivity contribution is -0.384. The molecule has 1 amide bonds. The van der Waals surface area contributed by atoms with Crippen LogP contribution in [0.1, 0.15) is 15.4 Å². The summed E-state index contributed by atoms with van der Waals surface area (Å²) in [7, 11) is 0. The van der Waals surface area contributed by atoms with Crippen molar-refractivity contribution in [2.75, 3.05) is 38.2 Å². The number of benzene rings is 2. The van der Waals surface area contributed by atoms with E-state index in [1.54, 1.807) is 4.90 Å². The molecule has 2 heterocycles. The number of nitro benzene ring substituents is 1. The molecule has 0 saturated carbocycles. The molecule has 2 aromatic carbocycles. The Bertz CT molecular complexity index is 1330. The fourth-order valence-electron chi connectivity index (χ4n) is 3.57. The molecule has 3 aromatic rings. The number of morpholine rings is 1. The largest absolute Gasteiger partial charge is 0.573 e. The summed E-state index contributed by atoms with van der Waals surface area (Å²) < 4.78 is 48.0. The third-order valence-electron chi connectivity index (χ3n) is 5.38. The molecule has 0 atom stereocenters. The summed E-state index contributed by atoms with van der Waals surface area (Å²) in [5.74, 6) is -1.69. The maximum absolute atomic E-state index is 12.9. The van der Waals surface area contributed by atoms with Crippen LogP contribution < -0.4 is 10.1 Å². The van der Waals surface area contributed by atoms with Crippen LogP contribution in [-0.4, -0.2) is 70.9 Å². The van der Waals surface area contributed by atoms with Gasteiger partial charge in [-0.3, -0.25) is 24.6 Å². The van der Waals surface area contributed by atoms with Gasteiger partial charge in [-0.1, -0.05) is 11.3 Å². The predicted octanol–water partition coefficient (Wildman–Crippen LogP) is 3.71. The number of nitrogens with zero attached hydrogens (tertiary/aromatic N) is 4. The van der Waals surface area contributed by atoms with Crippen molar-refractivity contribution in [3.05, 3.63) is 63.1 Å². The first-order chi connectivity index (χ1) is 18.1.